The van der Waals surface area contributed by atoms with Crippen molar-refractivity contribution in [2.75, 3.05) is 31.4 Å². The van der Waals surface area contributed by atoms with E-state index in [1.54, 1.807) is 12.1 Å². The molecular weight excluding hydrogens is 603 g/mol. The van der Waals surface area contributed by atoms with Crippen molar-refractivity contribution < 1.29 is 14.7 Å². The van der Waals surface area contributed by atoms with Gasteiger partial charge in [0.25, 0.3) is 5.56 Å². The molecule has 0 bridgehead atoms. The van der Waals surface area contributed by atoms with Crippen molar-refractivity contribution in [2.45, 2.75) is 38.0 Å². The molecule has 198 valence electrons. The first-order valence-electron chi connectivity index (χ1n) is 11.0. The molecule has 1 fully saturated rings. The summed E-state index contributed by atoms with van der Waals surface area (Å²) in [5, 5.41) is 19.4. The summed E-state index contributed by atoms with van der Waals surface area (Å²) in [6, 6.07) is 2.39. The zero-order valence-corrected chi connectivity index (χ0v) is 23.0. The topological polar surface area (TPSA) is 146 Å². The molecule has 1 aromatic carbocycles. The monoisotopic (exact) mass is 626 g/mol. The van der Waals surface area contributed by atoms with Crippen LogP contribution in [-0.4, -0.2) is 75.0 Å². The summed E-state index contributed by atoms with van der Waals surface area (Å²) in [5.74, 6) is 0.333. The maximum Gasteiger partial charge on any atom is 0.340 e. The molecule has 0 radical (unpaired) electrons. The molecule has 1 aromatic heterocycles. The van der Waals surface area contributed by atoms with Crippen molar-refractivity contribution >= 4 is 73.5 Å². The second-order valence-corrected chi connectivity index (χ2v) is 9.81. The second kappa shape index (κ2) is 15.4. The van der Waals surface area contributed by atoms with E-state index in [-0.39, 0.29) is 42.8 Å². The highest BCUT2D eigenvalue weighted by atomic mass is 79.9. The molecule has 0 aliphatic carbocycles. The number of aliphatic hydroxyl groups is 1. The zero-order chi connectivity index (χ0) is 26.7. The second-order valence-electron chi connectivity index (χ2n) is 7.79. The fourth-order valence-electron chi connectivity index (χ4n) is 3.41. The Labute approximate surface area is 230 Å². The predicted molar refractivity (Wildman–Crippen MR) is 143 cm³/mol. The number of aromatic nitrogens is 2. The Morgan fingerprint density at radius 3 is 2.72 bits per heavy atom. The smallest absolute Gasteiger partial charge is 0.340 e. The molecule has 0 spiro atoms. The number of Topliss-reactive ketones (excluding diaryl/α,β-unsaturated/α-hetero) is 1. The highest BCUT2D eigenvalue weighted by molar-refractivity contribution is 9.10. The van der Waals surface area contributed by atoms with Crippen molar-refractivity contribution in [3.8, 4) is 0 Å². The summed E-state index contributed by atoms with van der Waals surface area (Å²) in [7, 11) is 0. The van der Waals surface area contributed by atoms with Crippen LogP contribution in [0.2, 0.25) is 5.02 Å². The predicted octanol–water partition coefficient (Wildman–Crippen LogP) is 3.04. The van der Waals surface area contributed by atoms with Crippen LogP contribution in [0.25, 0.3) is 10.9 Å². The van der Waals surface area contributed by atoms with Crippen molar-refractivity contribution in [1.29, 1.82) is 0 Å². The van der Waals surface area contributed by atoms with Crippen LogP contribution in [0.1, 0.15) is 19.3 Å². The van der Waals surface area contributed by atoms with Crippen LogP contribution in [0, 0.1) is 4.91 Å². The minimum Gasteiger partial charge on any atom is -0.391 e. The van der Waals surface area contributed by atoms with Gasteiger partial charge in [0.2, 0.25) is 0 Å². The third kappa shape index (κ3) is 8.93. The average Bonchev–Trinajstić information content (AvgIpc) is 2.86. The number of nitrogens with one attached hydrogen (secondary N) is 2. The number of aliphatic hydroxyl groups excluding tert-OH is 1. The lowest BCUT2D eigenvalue weighted by molar-refractivity contribution is -0.121. The largest absolute Gasteiger partial charge is 0.391 e. The van der Waals surface area contributed by atoms with Gasteiger partial charge in [-0.3, -0.25) is 14.2 Å². The SMILES string of the molecule is O=C(C[C@@H]1NCCC[C@H]1O)Cn1cnc2cc(Br)c(Cl)cc2c1=O.O=NN(CCCl)C(=O)NCCCl. The highest BCUT2D eigenvalue weighted by Gasteiger charge is 2.25. The number of fused-ring (bicyclic) bond motifs is 1. The summed E-state index contributed by atoms with van der Waals surface area (Å²) in [6.45, 7) is 1.12. The number of amides is 2. The fraction of sp³-hybridized carbons (Fsp3) is 0.524. The number of nitrogens with zero attached hydrogens (tertiary/aromatic N) is 4. The normalized spacial score (nSPS) is 17.1. The molecule has 2 aromatic rings. The molecule has 36 heavy (non-hydrogen) atoms. The van der Waals surface area contributed by atoms with E-state index in [9.17, 15) is 24.4 Å². The first kappa shape index (κ1) is 30.4. The number of hydrogen-bond donors (Lipinski definition) is 3. The first-order valence-corrected chi connectivity index (χ1v) is 13.2. The molecule has 2 heterocycles. The number of ketones is 1. The van der Waals surface area contributed by atoms with Crippen molar-refractivity contribution in [3.63, 3.8) is 0 Å². The van der Waals surface area contributed by atoms with Gasteiger partial charge in [0, 0.05) is 35.2 Å². The maximum atomic E-state index is 12.5. The Morgan fingerprint density at radius 2 is 2.08 bits per heavy atom. The number of rotatable bonds is 9. The molecule has 2 atom stereocenters. The van der Waals surface area contributed by atoms with E-state index in [0.29, 0.717) is 44.3 Å². The summed E-state index contributed by atoms with van der Waals surface area (Å²) in [5.41, 5.74) is 0.212. The Kier molecular flexibility index (Phi) is 13.0. The number of carbonyl (C=O) groups is 2. The highest BCUT2D eigenvalue weighted by Crippen LogP contribution is 2.25. The quantitative estimate of drug-likeness (QED) is 0.220. The zero-order valence-electron chi connectivity index (χ0n) is 19.1. The van der Waals surface area contributed by atoms with Gasteiger partial charge in [-0.2, -0.15) is 5.01 Å². The van der Waals surface area contributed by atoms with Gasteiger partial charge in [-0.05, 0) is 47.4 Å². The lowest BCUT2D eigenvalue weighted by Crippen LogP contribution is -2.46. The molecule has 0 unspecified atom stereocenters. The fourth-order valence-corrected chi connectivity index (χ4v) is 4.16. The number of carbonyl (C=O) groups excluding carboxylic acids is 2. The minimum atomic E-state index is -0.578. The van der Waals surface area contributed by atoms with Crippen molar-refractivity contribution in [2.24, 2.45) is 5.29 Å². The molecule has 1 saturated heterocycles. The Bertz CT molecular complexity index is 1120. The lowest BCUT2D eigenvalue weighted by atomic mass is 9.97. The number of halogens is 4. The summed E-state index contributed by atoms with van der Waals surface area (Å²) in [6.07, 6.45) is 2.62. The van der Waals surface area contributed by atoms with E-state index in [4.69, 9.17) is 34.8 Å². The molecule has 3 rings (SSSR count). The number of benzene rings is 1. The molecule has 0 saturated carbocycles. The van der Waals surface area contributed by atoms with E-state index in [0.717, 1.165) is 13.0 Å². The number of hydrogen-bond acceptors (Lipinski definition) is 8. The van der Waals surface area contributed by atoms with Crippen molar-refractivity contribution in [1.82, 2.24) is 25.2 Å². The summed E-state index contributed by atoms with van der Waals surface area (Å²) in [4.78, 5) is 49.9. The molecule has 2 amide bonds. The van der Waals surface area contributed by atoms with E-state index in [1.165, 1.54) is 10.9 Å². The number of nitroso groups, excluding NO2 is 1. The van der Waals surface area contributed by atoms with Gasteiger partial charge >= 0.3 is 6.03 Å². The van der Waals surface area contributed by atoms with Crippen LogP contribution in [0.3, 0.4) is 0 Å². The van der Waals surface area contributed by atoms with Crippen LogP contribution >= 0.6 is 50.7 Å². The minimum absolute atomic E-state index is 0.0691. The molecular formula is C21H26BrCl3N6O5. The van der Waals surface area contributed by atoms with E-state index < -0.39 is 12.1 Å². The first-order chi connectivity index (χ1) is 17.2. The molecule has 1 aliphatic heterocycles. The van der Waals surface area contributed by atoms with Crippen LogP contribution in [0.4, 0.5) is 4.79 Å². The van der Waals surface area contributed by atoms with Crippen LogP contribution in [0.15, 0.2) is 33.0 Å². The summed E-state index contributed by atoms with van der Waals surface area (Å²) >= 11 is 19.9. The lowest BCUT2D eigenvalue weighted by Gasteiger charge is -2.28. The van der Waals surface area contributed by atoms with Crippen LogP contribution in [-0.2, 0) is 11.3 Å². The number of piperidine rings is 1. The number of urea groups is 1. The van der Waals surface area contributed by atoms with E-state index in [1.807, 2.05) is 0 Å². The Hall–Kier alpha value is -1.83. The van der Waals surface area contributed by atoms with Gasteiger partial charge in [-0.25, -0.2) is 9.78 Å². The number of alkyl halides is 2. The van der Waals surface area contributed by atoms with Crippen LogP contribution in [0.5, 0.6) is 0 Å². The Morgan fingerprint density at radius 1 is 1.33 bits per heavy atom. The molecule has 15 heteroatoms. The van der Waals surface area contributed by atoms with Crippen LogP contribution < -0.4 is 16.2 Å². The standard InChI is InChI=1S/C16H17BrClN3O3.C5H9Cl2N3O2/c17-11-6-13-10(5-12(11)18)16(24)21(8-20-13)7-9(22)4-14-15(23)2-1-3-19-14;6-1-3-8-5(11)10(9-12)4-2-7/h5-6,8,14-15,19,23H,1-4,7H2;1-4H2,(H,8,11)/t14-,15+;/m0./s1. The third-order valence-electron chi connectivity index (χ3n) is 5.21. The van der Waals surface area contributed by atoms with Gasteiger partial charge in [-0.1, -0.05) is 11.6 Å². The van der Waals surface area contributed by atoms with E-state index >= 15 is 0 Å². The maximum absolute atomic E-state index is 12.5. The summed E-state index contributed by atoms with van der Waals surface area (Å²) < 4.78 is 1.94. The average molecular weight is 629 g/mol. The van der Waals surface area contributed by atoms with Gasteiger partial charge in [0.15, 0.2) is 5.78 Å². The van der Waals surface area contributed by atoms with Gasteiger partial charge < -0.3 is 15.7 Å². The molecule has 3 N–H and O–H groups in total. The van der Waals surface area contributed by atoms with E-state index in [2.05, 4.69) is 36.8 Å². The van der Waals surface area contributed by atoms with Crippen molar-refractivity contribution in [3.05, 3.63) is 43.2 Å². The van der Waals surface area contributed by atoms with Gasteiger partial charge in [-0.15, -0.1) is 28.1 Å². The molecule has 11 nitrogen and oxygen atoms in total. The Balaban J connectivity index is 0.000000324. The third-order valence-corrected chi connectivity index (χ3v) is 6.76. The van der Waals surface area contributed by atoms with Gasteiger partial charge in [0.1, 0.15) is 0 Å². The van der Waals surface area contributed by atoms with Gasteiger partial charge in [0.05, 0.1) is 46.7 Å². The molecule has 1 aliphatic rings.